The van der Waals surface area contributed by atoms with Crippen LogP contribution >= 0.6 is 0 Å². The summed E-state index contributed by atoms with van der Waals surface area (Å²) in [5.41, 5.74) is 0. The summed E-state index contributed by atoms with van der Waals surface area (Å²) >= 11 is 0. The molecule has 1 aliphatic heterocycles. The van der Waals surface area contributed by atoms with E-state index in [9.17, 15) is 9.18 Å². The number of aliphatic hydroxyl groups is 1. The van der Waals surface area contributed by atoms with E-state index in [4.69, 9.17) is 5.11 Å². The smallest absolute Gasteiger partial charge is 0.149 e. The van der Waals surface area contributed by atoms with Crippen molar-refractivity contribution >= 4 is 6.29 Å². The van der Waals surface area contributed by atoms with E-state index >= 15 is 0 Å². The average molecular weight is 133 g/mol. The molecule has 0 saturated carbocycles. The lowest BCUT2D eigenvalue weighted by Gasteiger charge is -2.04. The van der Waals surface area contributed by atoms with Crippen molar-refractivity contribution in [2.24, 2.45) is 0 Å². The van der Waals surface area contributed by atoms with E-state index in [0.717, 1.165) is 0 Å². The van der Waals surface area contributed by atoms with Crippen molar-refractivity contribution in [2.45, 2.75) is 18.3 Å². The Balaban J connectivity index is 2.50. The molecule has 0 aromatic heterocycles. The Hall–Kier alpha value is -0.480. The highest BCUT2D eigenvalue weighted by Gasteiger charge is 2.34. The van der Waals surface area contributed by atoms with Crippen molar-refractivity contribution < 1.29 is 14.3 Å². The molecule has 52 valence electrons. The summed E-state index contributed by atoms with van der Waals surface area (Å²) < 4.78 is 12.4. The van der Waals surface area contributed by atoms with Crippen molar-refractivity contribution in [2.75, 3.05) is 6.54 Å². The number of aldehydes is 1. The van der Waals surface area contributed by atoms with Crippen LogP contribution in [-0.2, 0) is 4.79 Å². The first-order valence-corrected chi connectivity index (χ1v) is 2.76. The van der Waals surface area contributed by atoms with Gasteiger partial charge in [-0.25, -0.2) is 4.39 Å². The van der Waals surface area contributed by atoms with Crippen LogP contribution in [-0.4, -0.2) is 36.3 Å². The van der Waals surface area contributed by atoms with Gasteiger partial charge >= 0.3 is 0 Å². The number of rotatable bonds is 1. The van der Waals surface area contributed by atoms with Gasteiger partial charge in [-0.3, -0.25) is 0 Å². The first-order chi connectivity index (χ1) is 4.25. The summed E-state index contributed by atoms with van der Waals surface area (Å²) in [6.45, 7) is 0.171. The fourth-order valence-electron chi connectivity index (χ4n) is 0.845. The van der Waals surface area contributed by atoms with Gasteiger partial charge in [0.15, 0.2) is 0 Å². The highest BCUT2D eigenvalue weighted by molar-refractivity contribution is 5.59. The van der Waals surface area contributed by atoms with Crippen LogP contribution in [0.15, 0.2) is 0 Å². The molecule has 0 bridgehead atoms. The van der Waals surface area contributed by atoms with Crippen LogP contribution in [0, 0.1) is 0 Å². The standard InChI is InChI=1S/C5H8FNO2/c6-5-3(2-8)7-1-4(5)9/h2-5,7,9H,1H2/t3-,4+,5-/m1/s1. The second kappa shape index (κ2) is 2.41. The van der Waals surface area contributed by atoms with E-state index in [1.54, 1.807) is 0 Å². The zero-order valence-corrected chi connectivity index (χ0v) is 4.75. The van der Waals surface area contributed by atoms with Crippen LogP contribution in [0.3, 0.4) is 0 Å². The number of carbonyl (C=O) groups excluding carboxylic acids is 1. The van der Waals surface area contributed by atoms with E-state index in [1.807, 2.05) is 0 Å². The minimum Gasteiger partial charge on any atom is -0.389 e. The molecule has 1 saturated heterocycles. The van der Waals surface area contributed by atoms with Crippen molar-refractivity contribution in [3.05, 3.63) is 0 Å². The Bertz CT molecular complexity index is 120. The first kappa shape index (κ1) is 6.64. The Labute approximate surface area is 51.9 Å². The maximum absolute atomic E-state index is 12.4. The lowest BCUT2D eigenvalue weighted by molar-refractivity contribution is -0.110. The summed E-state index contributed by atoms with van der Waals surface area (Å²) in [4.78, 5) is 9.95. The Morgan fingerprint density at radius 1 is 1.78 bits per heavy atom. The predicted octanol–water partition coefficient (Wildman–Crippen LogP) is -1.14. The molecule has 3 atom stereocenters. The molecule has 9 heavy (non-hydrogen) atoms. The largest absolute Gasteiger partial charge is 0.389 e. The number of carbonyl (C=O) groups is 1. The van der Waals surface area contributed by atoms with E-state index in [-0.39, 0.29) is 6.54 Å². The molecule has 0 aliphatic carbocycles. The average Bonchev–Trinajstić information content (AvgIpc) is 2.15. The lowest BCUT2D eigenvalue weighted by Crippen LogP contribution is -2.30. The van der Waals surface area contributed by atoms with Crippen LogP contribution in [0.25, 0.3) is 0 Å². The van der Waals surface area contributed by atoms with Crippen molar-refractivity contribution in [1.29, 1.82) is 0 Å². The van der Waals surface area contributed by atoms with Crippen LogP contribution in [0.4, 0.5) is 4.39 Å². The molecule has 1 fully saturated rings. The van der Waals surface area contributed by atoms with Gasteiger partial charge in [-0.15, -0.1) is 0 Å². The minimum absolute atomic E-state index is 0.171. The van der Waals surface area contributed by atoms with Crippen LogP contribution in [0.5, 0.6) is 0 Å². The van der Waals surface area contributed by atoms with E-state index in [1.165, 1.54) is 0 Å². The molecular weight excluding hydrogens is 125 g/mol. The number of alkyl halides is 1. The number of β-amino-alcohol motifs (C(OH)–C–C–N with tert-alkyl or cyclic N) is 1. The molecule has 1 heterocycles. The number of hydrogen-bond acceptors (Lipinski definition) is 3. The maximum Gasteiger partial charge on any atom is 0.149 e. The summed E-state index contributed by atoms with van der Waals surface area (Å²) in [5, 5.41) is 11.2. The molecule has 0 amide bonds. The van der Waals surface area contributed by atoms with Gasteiger partial charge in [-0.1, -0.05) is 0 Å². The van der Waals surface area contributed by atoms with Crippen LogP contribution in [0.1, 0.15) is 0 Å². The van der Waals surface area contributed by atoms with Gasteiger partial charge in [-0.05, 0) is 0 Å². The van der Waals surface area contributed by atoms with Gasteiger partial charge in [0.1, 0.15) is 12.5 Å². The Morgan fingerprint density at radius 2 is 2.44 bits per heavy atom. The third-order valence-electron chi connectivity index (χ3n) is 1.42. The highest BCUT2D eigenvalue weighted by Crippen LogP contribution is 2.09. The minimum atomic E-state index is -1.43. The lowest BCUT2D eigenvalue weighted by atomic mass is 10.2. The second-order valence-electron chi connectivity index (χ2n) is 2.08. The molecular formula is C5H8FNO2. The van der Waals surface area contributed by atoms with Gasteiger partial charge in [0.2, 0.25) is 0 Å². The van der Waals surface area contributed by atoms with Crippen LogP contribution in [0.2, 0.25) is 0 Å². The third kappa shape index (κ3) is 1.09. The molecule has 1 aliphatic rings. The van der Waals surface area contributed by atoms with Gasteiger partial charge in [-0.2, -0.15) is 0 Å². The second-order valence-corrected chi connectivity index (χ2v) is 2.08. The molecule has 0 unspecified atom stereocenters. The summed E-state index contributed by atoms with van der Waals surface area (Å²) in [6.07, 6.45) is -1.97. The fraction of sp³-hybridized carbons (Fsp3) is 0.800. The maximum atomic E-state index is 12.4. The molecule has 4 heteroatoms. The van der Waals surface area contributed by atoms with Crippen molar-refractivity contribution in [3.63, 3.8) is 0 Å². The molecule has 2 N–H and O–H groups in total. The van der Waals surface area contributed by atoms with Crippen molar-refractivity contribution in [3.8, 4) is 0 Å². The number of nitrogens with one attached hydrogen (secondary N) is 1. The monoisotopic (exact) mass is 133 g/mol. The summed E-state index contributed by atoms with van der Waals surface area (Å²) in [5.74, 6) is 0. The third-order valence-corrected chi connectivity index (χ3v) is 1.42. The van der Waals surface area contributed by atoms with Gasteiger partial charge < -0.3 is 15.2 Å². The van der Waals surface area contributed by atoms with Crippen LogP contribution < -0.4 is 5.32 Å². The topological polar surface area (TPSA) is 49.3 Å². The van der Waals surface area contributed by atoms with E-state index in [2.05, 4.69) is 5.32 Å². The molecule has 0 aromatic carbocycles. The Morgan fingerprint density at radius 3 is 2.67 bits per heavy atom. The zero-order chi connectivity index (χ0) is 6.85. The quantitative estimate of drug-likeness (QED) is 0.444. The molecule has 0 radical (unpaired) electrons. The van der Waals surface area contributed by atoms with E-state index in [0.29, 0.717) is 6.29 Å². The first-order valence-electron chi connectivity index (χ1n) is 2.76. The summed E-state index contributed by atoms with van der Waals surface area (Å²) in [6, 6.07) is -0.806. The number of halogens is 1. The van der Waals surface area contributed by atoms with E-state index < -0.39 is 18.3 Å². The highest BCUT2D eigenvalue weighted by atomic mass is 19.1. The zero-order valence-electron chi connectivity index (χ0n) is 4.75. The molecule has 0 aromatic rings. The van der Waals surface area contributed by atoms with Gasteiger partial charge in [0, 0.05) is 6.54 Å². The SMILES string of the molecule is O=C[C@H]1NC[C@H](O)[C@@H]1F. The van der Waals surface area contributed by atoms with Crippen molar-refractivity contribution in [1.82, 2.24) is 5.32 Å². The molecule has 1 rings (SSSR count). The molecule has 3 nitrogen and oxygen atoms in total. The van der Waals surface area contributed by atoms with Gasteiger partial charge in [0.25, 0.3) is 0 Å². The fourth-order valence-corrected chi connectivity index (χ4v) is 0.845. The normalized spacial score (nSPS) is 43.1. The predicted molar refractivity (Wildman–Crippen MR) is 28.8 cm³/mol. The number of hydrogen-bond donors (Lipinski definition) is 2. The van der Waals surface area contributed by atoms with Gasteiger partial charge in [0.05, 0.1) is 12.1 Å². The number of aliphatic hydroxyl groups excluding tert-OH is 1. The molecule has 0 spiro atoms. The summed E-state index contributed by atoms with van der Waals surface area (Å²) in [7, 11) is 0. The Kier molecular flexibility index (Phi) is 1.78.